The van der Waals surface area contributed by atoms with Crippen molar-refractivity contribution in [3.05, 3.63) is 35.4 Å². The zero-order valence-electron chi connectivity index (χ0n) is 11.6. The lowest BCUT2D eigenvalue weighted by Crippen LogP contribution is -2.39. The standard InChI is InChI=1S/C14H23N3O2/c1-3-14(18,4-2)10-16-9-11-6-5-7-12(8-11)13(15)17-19/h5-8,16,18-19H,3-4,9-10H2,1-2H3,(H2,15,17). The molecule has 19 heavy (non-hydrogen) atoms. The third-order valence-corrected chi connectivity index (χ3v) is 3.43. The molecule has 106 valence electrons. The maximum Gasteiger partial charge on any atom is 0.170 e. The van der Waals surface area contributed by atoms with Gasteiger partial charge in [-0.2, -0.15) is 0 Å². The highest BCUT2D eigenvalue weighted by Gasteiger charge is 2.20. The van der Waals surface area contributed by atoms with Crippen molar-refractivity contribution >= 4 is 5.84 Å². The van der Waals surface area contributed by atoms with Gasteiger partial charge in [0.1, 0.15) is 0 Å². The van der Waals surface area contributed by atoms with Crippen LogP contribution in [0.25, 0.3) is 0 Å². The van der Waals surface area contributed by atoms with Gasteiger partial charge in [0.15, 0.2) is 5.84 Å². The van der Waals surface area contributed by atoms with Crippen LogP contribution in [0.1, 0.15) is 37.8 Å². The van der Waals surface area contributed by atoms with Crippen molar-refractivity contribution in [1.82, 2.24) is 5.32 Å². The molecule has 0 aliphatic heterocycles. The highest BCUT2D eigenvalue weighted by Crippen LogP contribution is 2.13. The first kappa shape index (κ1) is 15.5. The van der Waals surface area contributed by atoms with Crippen LogP contribution in [-0.4, -0.2) is 28.3 Å². The Morgan fingerprint density at radius 3 is 2.63 bits per heavy atom. The van der Waals surface area contributed by atoms with Gasteiger partial charge in [0.05, 0.1) is 5.60 Å². The lowest BCUT2D eigenvalue weighted by molar-refractivity contribution is 0.0323. The third-order valence-electron chi connectivity index (χ3n) is 3.43. The molecule has 5 N–H and O–H groups in total. The van der Waals surface area contributed by atoms with Crippen LogP contribution in [-0.2, 0) is 6.54 Å². The second-order valence-corrected chi connectivity index (χ2v) is 4.72. The minimum absolute atomic E-state index is 0.0977. The van der Waals surface area contributed by atoms with E-state index in [1.807, 2.05) is 32.0 Å². The number of hydrogen-bond donors (Lipinski definition) is 4. The Balaban J connectivity index is 2.59. The minimum atomic E-state index is -0.650. The lowest BCUT2D eigenvalue weighted by Gasteiger charge is -2.25. The third kappa shape index (κ3) is 4.54. The van der Waals surface area contributed by atoms with Crippen LogP contribution in [0.4, 0.5) is 0 Å². The molecule has 5 heteroatoms. The molecule has 0 aromatic heterocycles. The van der Waals surface area contributed by atoms with Crippen LogP contribution in [0, 0.1) is 0 Å². The minimum Gasteiger partial charge on any atom is -0.409 e. The van der Waals surface area contributed by atoms with Crippen molar-refractivity contribution < 1.29 is 10.3 Å². The van der Waals surface area contributed by atoms with Gasteiger partial charge in [-0.05, 0) is 24.5 Å². The topological polar surface area (TPSA) is 90.9 Å². The van der Waals surface area contributed by atoms with Gasteiger partial charge in [0.2, 0.25) is 0 Å². The normalized spacial score (nSPS) is 12.7. The maximum atomic E-state index is 10.2. The number of amidine groups is 1. The van der Waals surface area contributed by atoms with Crippen molar-refractivity contribution in [2.45, 2.75) is 38.8 Å². The summed E-state index contributed by atoms with van der Waals surface area (Å²) in [6.07, 6.45) is 1.45. The summed E-state index contributed by atoms with van der Waals surface area (Å²) in [6.45, 7) is 5.14. The molecule has 0 atom stereocenters. The summed E-state index contributed by atoms with van der Waals surface area (Å²) in [5.41, 5.74) is 6.60. The van der Waals surface area contributed by atoms with Gasteiger partial charge >= 0.3 is 0 Å². The van der Waals surface area contributed by atoms with Gasteiger partial charge in [-0.1, -0.05) is 37.2 Å². The van der Waals surface area contributed by atoms with E-state index in [1.165, 1.54) is 0 Å². The van der Waals surface area contributed by atoms with Crippen LogP contribution in [0.5, 0.6) is 0 Å². The molecule has 5 nitrogen and oxygen atoms in total. The van der Waals surface area contributed by atoms with Crippen molar-refractivity contribution in [2.75, 3.05) is 6.54 Å². The smallest absolute Gasteiger partial charge is 0.170 e. The van der Waals surface area contributed by atoms with Crippen molar-refractivity contribution in [1.29, 1.82) is 0 Å². The molecule has 1 aromatic carbocycles. The fourth-order valence-electron chi connectivity index (χ4n) is 1.84. The summed E-state index contributed by atoms with van der Waals surface area (Å²) in [5, 5.41) is 25.0. The fraction of sp³-hybridized carbons (Fsp3) is 0.500. The Kier molecular flexibility index (Phi) is 5.79. The molecule has 0 aliphatic carbocycles. The van der Waals surface area contributed by atoms with Crippen molar-refractivity contribution in [3.8, 4) is 0 Å². The van der Waals surface area contributed by atoms with E-state index in [4.69, 9.17) is 10.9 Å². The molecule has 0 heterocycles. The largest absolute Gasteiger partial charge is 0.409 e. The molecule has 0 unspecified atom stereocenters. The predicted octanol–water partition coefficient (Wildman–Crippen LogP) is 1.42. The molecular weight excluding hydrogens is 242 g/mol. The number of aliphatic hydroxyl groups is 1. The highest BCUT2D eigenvalue weighted by molar-refractivity contribution is 5.97. The SMILES string of the molecule is CCC(O)(CC)CNCc1cccc(C(N)=NO)c1. The predicted molar refractivity (Wildman–Crippen MR) is 76.2 cm³/mol. The number of nitrogens with zero attached hydrogens (tertiary/aromatic N) is 1. The monoisotopic (exact) mass is 265 g/mol. The second-order valence-electron chi connectivity index (χ2n) is 4.72. The number of nitrogens with one attached hydrogen (secondary N) is 1. The summed E-state index contributed by atoms with van der Waals surface area (Å²) < 4.78 is 0. The van der Waals surface area contributed by atoms with Crippen LogP contribution >= 0.6 is 0 Å². The zero-order valence-corrected chi connectivity index (χ0v) is 11.6. The van der Waals surface area contributed by atoms with E-state index in [1.54, 1.807) is 6.07 Å². The van der Waals surface area contributed by atoms with E-state index in [2.05, 4.69) is 10.5 Å². The van der Waals surface area contributed by atoms with E-state index < -0.39 is 5.60 Å². The Bertz CT molecular complexity index is 428. The van der Waals surface area contributed by atoms with Crippen LogP contribution in [0.2, 0.25) is 0 Å². The quantitative estimate of drug-likeness (QED) is 0.260. The maximum absolute atomic E-state index is 10.2. The first-order valence-electron chi connectivity index (χ1n) is 6.54. The number of oxime groups is 1. The second kappa shape index (κ2) is 7.11. The molecule has 1 aromatic rings. The van der Waals surface area contributed by atoms with E-state index in [9.17, 15) is 5.11 Å². The fourth-order valence-corrected chi connectivity index (χ4v) is 1.84. The Morgan fingerprint density at radius 1 is 1.37 bits per heavy atom. The van der Waals surface area contributed by atoms with Gasteiger partial charge in [-0.3, -0.25) is 0 Å². The average molecular weight is 265 g/mol. The highest BCUT2D eigenvalue weighted by atomic mass is 16.4. The summed E-state index contributed by atoms with van der Waals surface area (Å²) in [6, 6.07) is 7.46. The number of hydrogen-bond acceptors (Lipinski definition) is 4. The summed E-state index contributed by atoms with van der Waals surface area (Å²) in [7, 11) is 0. The number of benzene rings is 1. The van der Waals surface area contributed by atoms with Crippen LogP contribution in [0.15, 0.2) is 29.4 Å². The van der Waals surface area contributed by atoms with Crippen molar-refractivity contribution in [2.24, 2.45) is 10.9 Å². The molecule has 0 bridgehead atoms. The molecule has 1 rings (SSSR count). The van der Waals surface area contributed by atoms with E-state index >= 15 is 0 Å². The molecule has 0 fully saturated rings. The van der Waals surface area contributed by atoms with E-state index in [0.29, 0.717) is 18.7 Å². The summed E-state index contributed by atoms with van der Waals surface area (Å²) in [4.78, 5) is 0. The van der Waals surface area contributed by atoms with Gasteiger partial charge in [0, 0.05) is 18.7 Å². The summed E-state index contributed by atoms with van der Waals surface area (Å²) in [5.74, 6) is 0.0977. The molecule has 0 amide bonds. The zero-order chi connectivity index (χ0) is 14.3. The van der Waals surface area contributed by atoms with Crippen LogP contribution in [0.3, 0.4) is 0 Å². The van der Waals surface area contributed by atoms with E-state index in [0.717, 1.165) is 18.4 Å². The number of nitrogens with two attached hydrogens (primary N) is 1. The number of rotatable bonds is 7. The average Bonchev–Trinajstić information content (AvgIpc) is 2.46. The molecule has 0 spiro atoms. The first-order valence-corrected chi connectivity index (χ1v) is 6.54. The van der Waals surface area contributed by atoms with Gasteiger partial charge < -0.3 is 21.4 Å². The molecule has 0 radical (unpaired) electrons. The summed E-state index contributed by atoms with van der Waals surface area (Å²) >= 11 is 0. The Morgan fingerprint density at radius 2 is 2.05 bits per heavy atom. The lowest BCUT2D eigenvalue weighted by atomic mass is 9.97. The molecular formula is C14H23N3O2. The van der Waals surface area contributed by atoms with Gasteiger partial charge in [-0.15, -0.1) is 0 Å². The van der Waals surface area contributed by atoms with Gasteiger partial charge in [-0.25, -0.2) is 0 Å². The molecule has 0 saturated carbocycles. The van der Waals surface area contributed by atoms with E-state index in [-0.39, 0.29) is 5.84 Å². The first-order chi connectivity index (χ1) is 9.04. The van der Waals surface area contributed by atoms with Crippen molar-refractivity contribution in [3.63, 3.8) is 0 Å². The molecule has 0 saturated heterocycles. The Hall–Kier alpha value is -1.59. The van der Waals surface area contributed by atoms with Gasteiger partial charge in [0.25, 0.3) is 0 Å². The van der Waals surface area contributed by atoms with Crippen LogP contribution < -0.4 is 11.1 Å². The Labute approximate surface area is 114 Å². The molecule has 0 aliphatic rings.